The van der Waals surface area contributed by atoms with Gasteiger partial charge in [0.2, 0.25) is 0 Å². The Hall–Kier alpha value is -1.59. The predicted molar refractivity (Wildman–Crippen MR) is 289 cm³/mol. The van der Waals surface area contributed by atoms with Crippen LogP contribution in [0.5, 0.6) is 0 Å². The lowest BCUT2D eigenvalue weighted by molar-refractivity contribution is -0.167. The summed E-state index contributed by atoms with van der Waals surface area (Å²) in [4.78, 5) is 38.2. The molecule has 0 spiro atoms. The van der Waals surface area contributed by atoms with E-state index in [1.165, 1.54) is 231 Å². The number of unbranched alkanes of at least 4 members (excludes halogenated alkanes) is 40. The van der Waals surface area contributed by atoms with Crippen molar-refractivity contribution in [3.8, 4) is 0 Å². The molecule has 0 aliphatic rings. The first kappa shape index (κ1) is 65.4. The van der Waals surface area contributed by atoms with Crippen LogP contribution in [0.15, 0.2) is 0 Å². The van der Waals surface area contributed by atoms with Crippen LogP contribution in [-0.4, -0.2) is 37.2 Å². The molecule has 6 heteroatoms. The monoisotopic (exact) mass is 947 g/mol. The minimum Gasteiger partial charge on any atom is -0.462 e. The number of carbonyl (C=O) groups excluding carboxylic acids is 3. The van der Waals surface area contributed by atoms with E-state index in [1.807, 2.05) is 0 Å². The van der Waals surface area contributed by atoms with Crippen LogP contribution in [0.1, 0.15) is 343 Å². The van der Waals surface area contributed by atoms with Gasteiger partial charge in [-0.15, -0.1) is 0 Å². The summed E-state index contributed by atoms with van der Waals surface area (Å²) in [5.41, 5.74) is 0. The molecule has 0 aliphatic heterocycles. The van der Waals surface area contributed by atoms with Gasteiger partial charge >= 0.3 is 17.9 Å². The zero-order valence-electron chi connectivity index (χ0n) is 46.0. The second-order valence-electron chi connectivity index (χ2n) is 21.9. The Bertz CT molecular complexity index is 1020. The first-order chi connectivity index (χ1) is 32.7. The molecule has 0 aromatic carbocycles. The summed E-state index contributed by atoms with van der Waals surface area (Å²) in [6.45, 7) is 11.4. The number of hydrogen-bond donors (Lipinski definition) is 0. The molecule has 0 aromatic rings. The number of rotatable bonds is 55. The quantitative estimate of drug-likeness (QED) is 0.0343. The molecule has 0 radical (unpaired) electrons. The minimum atomic E-state index is -0.763. The van der Waals surface area contributed by atoms with Crippen LogP contribution in [0.3, 0.4) is 0 Å². The van der Waals surface area contributed by atoms with Crippen molar-refractivity contribution in [2.75, 3.05) is 13.2 Å². The van der Waals surface area contributed by atoms with E-state index in [9.17, 15) is 14.4 Å². The Morgan fingerprint density at radius 3 is 0.731 bits per heavy atom. The highest BCUT2D eigenvalue weighted by Crippen LogP contribution is 2.19. The maximum atomic E-state index is 12.9. The molecule has 0 saturated carbocycles. The maximum absolute atomic E-state index is 12.9. The van der Waals surface area contributed by atoms with Gasteiger partial charge in [-0.2, -0.15) is 0 Å². The Morgan fingerprint density at radius 2 is 0.493 bits per heavy atom. The van der Waals surface area contributed by atoms with Crippen molar-refractivity contribution in [1.29, 1.82) is 0 Å². The Balaban J connectivity index is 4.26. The minimum absolute atomic E-state index is 0.0622. The predicted octanol–water partition coefficient (Wildman–Crippen LogP) is 20.0. The summed E-state index contributed by atoms with van der Waals surface area (Å²) in [5.74, 6) is 0.866. The molecule has 1 atom stereocenters. The van der Waals surface area contributed by atoms with E-state index in [4.69, 9.17) is 14.2 Å². The number of hydrogen-bond acceptors (Lipinski definition) is 6. The fraction of sp³-hybridized carbons (Fsp3) is 0.951. The Kier molecular flexibility index (Phi) is 52.5. The first-order valence-corrected chi connectivity index (χ1v) is 30.2. The fourth-order valence-electron chi connectivity index (χ4n) is 9.40. The van der Waals surface area contributed by atoms with Crippen LogP contribution in [-0.2, 0) is 28.6 Å². The third-order valence-electron chi connectivity index (χ3n) is 14.0. The molecule has 0 aliphatic carbocycles. The lowest BCUT2D eigenvalue weighted by Gasteiger charge is -2.18. The van der Waals surface area contributed by atoms with Gasteiger partial charge in [-0.25, -0.2) is 0 Å². The van der Waals surface area contributed by atoms with Crippen LogP contribution >= 0.6 is 0 Å². The summed E-state index contributed by atoms with van der Waals surface area (Å²) >= 11 is 0. The van der Waals surface area contributed by atoms with Gasteiger partial charge in [-0.3, -0.25) is 14.4 Å². The van der Waals surface area contributed by atoms with Crippen LogP contribution in [0.2, 0.25) is 0 Å². The van der Waals surface area contributed by atoms with Crippen LogP contribution < -0.4 is 0 Å². The van der Waals surface area contributed by atoms with Crippen LogP contribution in [0, 0.1) is 11.8 Å². The third kappa shape index (κ3) is 55.2. The standard InChI is InChI=1S/C61H118O6/c1-6-7-8-9-10-11-12-26-31-36-41-46-51-59(62)65-54-58(55-66-60(63)52-47-42-37-32-27-22-19-15-17-21-25-30-35-40-45-50-57(4)5)67-61(64)53-48-43-38-33-28-23-18-14-13-16-20-24-29-34-39-44-49-56(2)3/h56-58H,6-55H2,1-5H3/t58-/m0/s1. The SMILES string of the molecule is CCCCCCCCCCCCCCC(=O)OC[C@@H](COC(=O)CCCCCCCCCCCCCCCCCC(C)C)OC(=O)CCCCCCCCCCCCCCCCCCC(C)C. The smallest absolute Gasteiger partial charge is 0.306 e. The van der Waals surface area contributed by atoms with Crippen molar-refractivity contribution in [3.05, 3.63) is 0 Å². The molecule has 0 rings (SSSR count). The highest BCUT2D eigenvalue weighted by atomic mass is 16.6. The van der Waals surface area contributed by atoms with Crippen molar-refractivity contribution < 1.29 is 28.6 Å². The van der Waals surface area contributed by atoms with Crippen LogP contribution in [0.25, 0.3) is 0 Å². The maximum Gasteiger partial charge on any atom is 0.306 e. The second kappa shape index (κ2) is 53.8. The normalized spacial score (nSPS) is 12.0. The Labute approximate surface area is 418 Å². The van der Waals surface area contributed by atoms with Gasteiger partial charge in [-0.05, 0) is 31.1 Å². The van der Waals surface area contributed by atoms with Gasteiger partial charge < -0.3 is 14.2 Å². The lowest BCUT2D eigenvalue weighted by atomic mass is 10.0. The lowest BCUT2D eigenvalue weighted by Crippen LogP contribution is -2.30. The number of ether oxygens (including phenoxy) is 3. The van der Waals surface area contributed by atoms with Gasteiger partial charge in [-0.1, -0.05) is 304 Å². The molecule has 67 heavy (non-hydrogen) atoms. The molecule has 0 heterocycles. The Morgan fingerprint density at radius 1 is 0.284 bits per heavy atom. The molecule has 6 nitrogen and oxygen atoms in total. The summed E-state index contributed by atoms with van der Waals surface area (Å²) in [6.07, 6.45) is 58.1. The molecule has 0 N–H and O–H groups in total. The van der Waals surface area contributed by atoms with Gasteiger partial charge in [0.25, 0.3) is 0 Å². The van der Waals surface area contributed by atoms with Gasteiger partial charge in [0, 0.05) is 19.3 Å². The zero-order chi connectivity index (χ0) is 48.9. The fourth-order valence-corrected chi connectivity index (χ4v) is 9.40. The second-order valence-corrected chi connectivity index (χ2v) is 21.9. The van der Waals surface area contributed by atoms with Crippen molar-refractivity contribution >= 4 is 17.9 Å². The molecule has 0 unspecified atom stereocenters. The highest BCUT2D eigenvalue weighted by molar-refractivity contribution is 5.71. The largest absolute Gasteiger partial charge is 0.462 e. The van der Waals surface area contributed by atoms with Gasteiger partial charge in [0.05, 0.1) is 0 Å². The average molecular weight is 948 g/mol. The van der Waals surface area contributed by atoms with E-state index in [0.29, 0.717) is 19.3 Å². The summed E-state index contributed by atoms with van der Waals surface area (Å²) < 4.78 is 16.9. The molecular weight excluding hydrogens is 829 g/mol. The van der Waals surface area contributed by atoms with Crippen molar-refractivity contribution in [1.82, 2.24) is 0 Å². The van der Waals surface area contributed by atoms with Gasteiger partial charge in [0.15, 0.2) is 6.10 Å². The van der Waals surface area contributed by atoms with Crippen LogP contribution in [0.4, 0.5) is 0 Å². The summed E-state index contributed by atoms with van der Waals surface area (Å²) in [7, 11) is 0. The molecule has 0 fully saturated rings. The first-order valence-electron chi connectivity index (χ1n) is 30.2. The van der Waals surface area contributed by atoms with E-state index in [0.717, 1.165) is 69.6 Å². The highest BCUT2D eigenvalue weighted by Gasteiger charge is 2.19. The topological polar surface area (TPSA) is 78.9 Å². The van der Waals surface area contributed by atoms with E-state index in [1.54, 1.807) is 0 Å². The summed E-state index contributed by atoms with van der Waals surface area (Å²) in [6, 6.07) is 0. The average Bonchev–Trinajstić information content (AvgIpc) is 3.30. The third-order valence-corrected chi connectivity index (χ3v) is 14.0. The number of esters is 3. The molecule has 0 amide bonds. The van der Waals surface area contributed by atoms with Gasteiger partial charge in [0.1, 0.15) is 13.2 Å². The van der Waals surface area contributed by atoms with Crippen molar-refractivity contribution in [3.63, 3.8) is 0 Å². The summed E-state index contributed by atoms with van der Waals surface area (Å²) in [5, 5.41) is 0. The molecule has 398 valence electrons. The molecule has 0 aromatic heterocycles. The molecule has 0 bridgehead atoms. The van der Waals surface area contributed by atoms with E-state index in [-0.39, 0.29) is 31.1 Å². The molecule has 0 saturated heterocycles. The van der Waals surface area contributed by atoms with E-state index < -0.39 is 6.10 Å². The zero-order valence-corrected chi connectivity index (χ0v) is 46.0. The molecular formula is C61H118O6. The van der Waals surface area contributed by atoms with E-state index in [2.05, 4.69) is 34.6 Å². The van der Waals surface area contributed by atoms with Crippen molar-refractivity contribution in [2.24, 2.45) is 11.8 Å². The van der Waals surface area contributed by atoms with Crippen molar-refractivity contribution in [2.45, 2.75) is 349 Å². The number of carbonyl (C=O) groups is 3. The van der Waals surface area contributed by atoms with E-state index >= 15 is 0 Å².